The zero-order valence-electron chi connectivity index (χ0n) is 15.3. The third-order valence-corrected chi connectivity index (χ3v) is 6.24. The second kappa shape index (κ2) is 8.82. The summed E-state index contributed by atoms with van der Waals surface area (Å²) < 4.78 is 6.63. The molecule has 0 aliphatic rings. The standard InChI is InChI=1S/C17H25N3O3S2/c1-6-20-16(22)13-10(2)11(3)24-15(13)19-17(20)25-12(4)14(21)18-8-7-9-23-5/h12H,6-9H2,1-5H3,(H,18,21). The van der Waals surface area contributed by atoms with Crippen molar-refractivity contribution in [2.75, 3.05) is 20.3 Å². The molecule has 138 valence electrons. The first-order valence-corrected chi connectivity index (χ1v) is 10.0. The fraction of sp³-hybridized carbons (Fsp3) is 0.588. The van der Waals surface area contributed by atoms with E-state index in [-0.39, 0.29) is 16.7 Å². The van der Waals surface area contributed by atoms with Gasteiger partial charge in [-0.25, -0.2) is 4.98 Å². The summed E-state index contributed by atoms with van der Waals surface area (Å²) in [5, 5.41) is 3.86. The Morgan fingerprint density at radius 1 is 1.44 bits per heavy atom. The van der Waals surface area contributed by atoms with Crippen LogP contribution in [0.25, 0.3) is 10.2 Å². The quantitative estimate of drug-likeness (QED) is 0.431. The molecule has 0 aromatic carbocycles. The fourth-order valence-electron chi connectivity index (χ4n) is 2.46. The Hall–Kier alpha value is -1.38. The number of hydrogen-bond acceptors (Lipinski definition) is 6. The molecule has 2 rings (SSSR count). The predicted molar refractivity (Wildman–Crippen MR) is 104 cm³/mol. The van der Waals surface area contributed by atoms with E-state index in [4.69, 9.17) is 4.74 Å². The summed E-state index contributed by atoms with van der Waals surface area (Å²) in [5.74, 6) is -0.0587. The molecule has 2 aromatic heterocycles. The van der Waals surface area contributed by atoms with Gasteiger partial charge in [-0.2, -0.15) is 0 Å². The lowest BCUT2D eigenvalue weighted by Crippen LogP contribution is -2.33. The minimum absolute atomic E-state index is 0.0236. The van der Waals surface area contributed by atoms with Crippen LogP contribution in [-0.2, 0) is 16.1 Å². The maximum atomic E-state index is 12.8. The van der Waals surface area contributed by atoms with E-state index in [2.05, 4.69) is 10.3 Å². The number of aryl methyl sites for hydroxylation is 2. The van der Waals surface area contributed by atoms with E-state index in [1.807, 2.05) is 27.7 Å². The molecule has 1 N–H and O–H groups in total. The molecule has 2 heterocycles. The number of carbonyl (C=O) groups excluding carboxylic acids is 1. The van der Waals surface area contributed by atoms with Crippen LogP contribution in [0.15, 0.2) is 9.95 Å². The van der Waals surface area contributed by atoms with Gasteiger partial charge in [-0.1, -0.05) is 11.8 Å². The van der Waals surface area contributed by atoms with Gasteiger partial charge in [-0.15, -0.1) is 11.3 Å². The molecule has 8 heteroatoms. The van der Waals surface area contributed by atoms with Crippen molar-refractivity contribution in [3.8, 4) is 0 Å². The second-order valence-electron chi connectivity index (χ2n) is 5.80. The van der Waals surface area contributed by atoms with Crippen LogP contribution in [0.5, 0.6) is 0 Å². The first-order valence-electron chi connectivity index (χ1n) is 8.34. The first-order chi connectivity index (χ1) is 11.9. The number of nitrogens with zero attached hydrogens (tertiary/aromatic N) is 2. The molecular formula is C17H25N3O3S2. The topological polar surface area (TPSA) is 73.2 Å². The Labute approximate surface area is 156 Å². The molecule has 0 aliphatic carbocycles. The van der Waals surface area contributed by atoms with E-state index in [9.17, 15) is 9.59 Å². The molecule has 0 spiro atoms. The van der Waals surface area contributed by atoms with Crippen molar-refractivity contribution in [1.82, 2.24) is 14.9 Å². The van der Waals surface area contributed by atoms with Crippen molar-refractivity contribution in [3.63, 3.8) is 0 Å². The number of ether oxygens (including phenoxy) is 1. The molecule has 0 aliphatic heterocycles. The van der Waals surface area contributed by atoms with Gasteiger partial charge in [-0.3, -0.25) is 14.2 Å². The Morgan fingerprint density at radius 3 is 2.80 bits per heavy atom. The van der Waals surface area contributed by atoms with Crippen LogP contribution >= 0.6 is 23.1 Å². The SMILES string of the molecule is CCn1c(SC(C)C(=O)NCCCOC)nc2sc(C)c(C)c2c1=O. The molecule has 0 fully saturated rings. The van der Waals surface area contributed by atoms with Crippen LogP contribution in [0.4, 0.5) is 0 Å². The lowest BCUT2D eigenvalue weighted by molar-refractivity contribution is -0.120. The van der Waals surface area contributed by atoms with E-state index in [1.54, 1.807) is 11.7 Å². The summed E-state index contributed by atoms with van der Waals surface area (Å²) in [6.07, 6.45) is 0.775. The summed E-state index contributed by atoms with van der Waals surface area (Å²) in [7, 11) is 1.64. The van der Waals surface area contributed by atoms with Crippen LogP contribution in [0, 0.1) is 13.8 Å². The number of hydrogen-bond donors (Lipinski definition) is 1. The summed E-state index contributed by atoms with van der Waals surface area (Å²) in [4.78, 5) is 31.6. The van der Waals surface area contributed by atoms with E-state index in [0.717, 1.165) is 21.7 Å². The van der Waals surface area contributed by atoms with Crippen molar-refractivity contribution in [1.29, 1.82) is 0 Å². The number of thiophene rings is 1. The van der Waals surface area contributed by atoms with Crippen molar-refractivity contribution >= 4 is 39.2 Å². The van der Waals surface area contributed by atoms with E-state index in [1.165, 1.54) is 23.1 Å². The summed E-state index contributed by atoms with van der Waals surface area (Å²) in [5.41, 5.74) is 0.977. The lowest BCUT2D eigenvalue weighted by Gasteiger charge is -2.14. The van der Waals surface area contributed by atoms with Gasteiger partial charge in [0, 0.05) is 31.7 Å². The Morgan fingerprint density at radius 2 is 2.16 bits per heavy atom. The highest BCUT2D eigenvalue weighted by molar-refractivity contribution is 8.00. The largest absolute Gasteiger partial charge is 0.385 e. The van der Waals surface area contributed by atoms with E-state index in [0.29, 0.717) is 30.2 Å². The maximum absolute atomic E-state index is 12.8. The summed E-state index contributed by atoms with van der Waals surface area (Å²) in [6, 6.07) is 0. The van der Waals surface area contributed by atoms with Crippen LogP contribution < -0.4 is 10.9 Å². The molecule has 0 saturated carbocycles. The minimum Gasteiger partial charge on any atom is -0.385 e. The Balaban J connectivity index is 2.22. The van der Waals surface area contributed by atoms with Crippen LogP contribution in [-0.4, -0.2) is 41.0 Å². The maximum Gasteiger partial charge on any atom is 0.263 e. The molecule has 0 radical (unpaired) electrons. The molecule has 2 aromatic rings. The minimum atomic E-state index is -0.327. The number of amides is 1. The van der Waals surface area contributed by atoms with Crippen LogP contribution in [0.2, 0.25) is 0 Å². The first kappa shape index (κ1) is 19.9. The van der Waals surface area contributed by atoms with E-state index >= 15 is 0 Å². The number of fused-ring (bicyclic) bond motifs is 1. The summed E-state index contributed by atoms with van der Waals surface area (Å²) >= 11 is 2.85. The molecule has 25 heavy (non-hydrogen) atoms. The highest BCUT2D eigenvalue weighted by atomic mass is 32.2. The van der Waals surface area contributed by atoms with Crippen LogP contribution in [0.3, 0.4) is 0 Å². The number of nitrogens with one attached hydrogen (secondary N) is 1. The molecule has 1 atom stereocenters. The number of aromatic nitrogens is 2. The third kappa shape index (κ3) is 4.43. The highest BCUT2D eigenvalue weighted by Crippen LogP contribution is 2.29. The van der Waals surface area contributed by atoms with Gasteiger partial charge in [0.2, 0.25) is 5.91 Å². The molecule has 6 nitrogen and oxygen atoms in total. The number of thioether (sulfide) groups is 1. The van der Waals surface area contributed by atoms with Gasteiger partial charge in [0.15, 0.2) is 5.16 Å². The molecule has 1 unspecified atom stereocenters. The third-order valence-electron chi connectivity index (χ3n) is 4.05. The average Bonchev–Trinajstić information content (AvgIpc) is 2.86. The van der Waals surface area contributed by atoms with Gasteiger partial charge in [0.25, 0.3) is 5.56 Å². The Kier molecular flexibility index (Phi) is 7.04. The van der Waals surface area contributed by atoms with Gasteiger partial charge in [0.05, 0.1) is 10.6 Å². The van der Waals surface area contributed by atoms with Crippen molar-refractivity contribution in [2.45, 2.75) is 51.1 Å². The zero-order chi connectivity index (χ0) is 18.6. The fourth-order valence-corrected chi connectivity index (χ4v) is 4.53. The van der Waals surface area contributed by atoms with Gasteiger partial charge >= 0.3 is 0 Å². The second-order valence-corrected chi connectivity index (χ2v) is 8.32. The van der Waals surface area contributed by atoms with Crippen molar-refractivity contribution < 1.29 is 9.53 Å². The smallest absolute Gasteiger partial charge is 0.263 e. The highest BCUT2D eigenvalue weighted by Gasteiger charge is 2.20. The number of carbonyl (C=O) groups is 1. The molecule has 0 bridgehead atoms. The van der Waals surface area contributed by atoms with Gasteiger partial charge in [-0.05, 0) is 39.7 Å². The van der Waals surface area contributed by atoms with Crippen LogP contribution in [0.1, 0.15) is 30.7 Å². The van der Waals surface area contributed by atoms with Crippen molar-refractivity contribution in [3.05, 3.63) is 20.8 Å². The number of methoxy groups -OCH3 is 1. The zero-order valence-corrected chi connectivity index (χ0v) is 17.0. The van der Waals surface area contributed by atoms with E-state index < -0.39 is 0 Å². The Bertz CT molecular complexity index is 814. The van der Waals surface area contributed by atoms with Crippen molar-refractivity contribution in [2.24, 2.45) is 0 Å². The normalized spacial score (nSPS) is 12.5. The number of rotatable bonds is 8. The summed E-state index contributed by atoms with van der Waals surface area (Å²) in [6.45, 7) is 9.43. The predicted octanol–water partition coefficient (Wildman–Crippen LogP) is 2.73. The molecule has 0 saturated heterocycles. The lowest BCUT2D eigenvalue weighted by atomic mass is 10.2. The monoisotopic (exact) mass is 383 g/mol. The molecular weight excluding hydrogens is 358 g/mol. The average molecular weight is 384 g/mol. The van der Waals surface area contributed by atoms with Gasteiger partial charge < -0.3 is 10.1 Å². The van der Waals surface area contributed by atoms with Gasteiger partial charge in [0.1, 0.15) is 4.83 Å². The molecule has 1 amide bonds.